The molecule has 2 heterocycles. The van der Waals surface area contributed by atoms with Crippen LogP contribution in [-0.2, 0) is 13.5 Å². The molecule has 166 valence electrons. The predicted molar refractivity (Wildman–Crippen MR) is 124 cm³/mol. The first kappa shape index (κ1) is 23.2. The molecule has 1 amide bonds. The molecule has 0 unspecified atom stereocenters. The molecule has 8 nitrogen and oxygen atoms in total. The Morgan fingerprint density at radius 2 is 2.19 bits per heavy atom. The molecule has 11 heteroatoms. The van der Waals surface area contributed by atoms with Gasteiger partial charge in [-0.25, -0.2) is 4.98 Å². The number of anilines is 1. The number of H-pyrrole nitrogens is 1. The molecule has 0 aliphatic heterocycles. The summed E-state index contributed by atoms with van der Waals surface area (Å²) in [5.41, 5.74) is 1.13. The number of ether oxygens (including phenoxy) is 2. The zero-order chi connectivity index (χ0) is 22.5. The summed E-state index contributed by atoms with van der Waals surface area (Å²) in [6, 6.07) is 3.17. The molecule has 0 fully saturated rings. The Labute approximate surface area is 194 Å². The average Bonchev–Trinajstić information content (AvgIpc) is 3.29. The summed E-state index contributed by atoms with van der Waals surface area (Å²) < 4.78 is 13.5. The first-order valence-corrected chi connectivity index (χ1v) is 11.3. The number of nitrogens with zero attached hydrogens (tertiary/aromatic N) is 3. The van der Waals surface area contributed by atoms with Gasteiger partial charge in [0.2, 0.25) is 0 Å². The summed E-state index contributed by atoms with van der Waals surface area (Å²) in [7, 11) is 3.35. The van der Waals surface area contributed by atoms with Crippen molar-refractivity contribution in [3.8, 4) is 11.5 Å². The van der Waals surface area contributed by atoms with E-state index in [0.717, 1.165) is 17.9 Å². The number of rotatable bonds is 9. The fourth-order valence-corrected chi connectivity index (χ4v) is 3.82. The topological polar surface area (TPSA) is 94.1 Å². The highest BCUT2D eigenvalue weighted by atomic mass is 35.5. The van der Waals surface area contributed by atoms with Crippen LogP contribution < -0.4 is 14.8 Å². The number of benzene rings is 1. The fourth-order valence-electron chi connectivity index (χ4n) is 2.70. The smallest absolute Gasteiger partial charge is 0.257 e. The van der Waals surface area contributed by atoms with Gasteiger partial charge in [0.05, 0.1) is 30.9 Å². The van der Waals surface area contributed by atoms with Crippen LogP contribution in [0, 0.1) is 10.7 Å². The third-order valence-corrected chi connectivity index (χ3v) is 5.97. The Hall–Kier alpha value is -2.43. The van der Waals surface area contributed by atoms with Gasteiger partial charge in [-0.3, -0.25) is 15.2 Å². The van der Waals surface area contributed by atoms with Crippen LogP contribution >= 0.6 is 35.2 Å². The molecule has 0 radical (unpaired) electrons. The van der Waals surface area contributed by atoms with Gasteiger partial charge in [-0.15, -0.1) is 11.3 Å². The van der Waals surface area contributed by atoms with E-state index in [1.165, 1.54) is 18.4 Å². The van der Waals surface area contributed by atoms with Gasteiger partial charge < -0.3 is 14.0 Å². The highest BCUT2D eigenvalue weighted by Crippen LogP contribution is 2.37. The van der Waals surface area contributed by atoms with E-state index in [4.69, 9.17) is 33.3 Å². The zero-order valence-electron chi connectivity index (χ0n) is 17.7. The lowest BCUT2D eigenvalue weighted by Gasteiger charge is -2.14. The number of hydrogen-bond acceptors (Lipinski definition) is 7. The largest absolute Gasteiger partial charge is 0.493 e. The second kappa shape index (κ2) is 10.3. The summed E-state index contributed by atoms with van der Waals surface area (Å²) in [6.07, 6.45) is 1.39. The monoisotopic (exact) mass is 481 g/mol. The van der Waals surface area contributed by atoms with E-state index in [0.29, 0.717) is 50.9 Å². The van der Waals surface area contributed by atoms with E-state index < -0.39 is 0 Å². The maximum atomic E-state index is 12.7. The average molecular weight is 482 g/mol. The first-order chi connectivity index (χ1) is 14.8. The van der Waals surface area contributed by atoms with Crippen molar-refractivity contribution >= 4 is 46.2 Å². The minimum atomic E-state index is -0.340. The van der Waals surface area contributed by atoms with Crippen LogP contribution in [0.25, 0.3) is 0 Å². The van der Waals surface area contributed by atoms with Gasteiger partial charge in [0, 0.05) is 18.0 Å². The van der Waals surface area contributed by atoms with Crippen molar-refractivity contribution in [3.05, 3.63) is 44.4 Å². The quantitative estimate of drug-likeness (QED) is 0.424. The normalized spacial score (nSPS) is 11.0. The molecule has 0 aliphatic rings. The van der Waals surface area contributed by atoms with Gasteiger partial charge >= 0.3 is 0 Å². The molecule has 2 aromatic heterocycles. The lowest BCUT2D eigenvalue weighted by atomic mass is 10.1. The van der Waals surface area contributed by atoms with Gasteiger partial charge in [0.1, 0.15) is 5.82 Å². The van der Waals surface area contributed by atoms with Gasteiger partial charge in [-0.2, -0.15) is 5.10 Å². The lowest BCUT2D eigenvalue weighted by Crippen LogP contribution is -2.12. The highest BCUT2D eigenvalue weighted by Gasteiger charge is 2.17. The number of halogens is 1. The third-order valence-electron chi connectivity index (χ3n) is 4.52. The number of amides is 1. The molecule has 3 aromatic rings. The maximum Gasteiger partial charge on any atom is 0.257 e. The molecule has 0 saturated carbocycles. The number of thiazole rings is 1. The fraction of sp³-hybridized carbons (Fsp3) is 0.400. The molecule has 31 heavy (non-hydrogen) atoms. The van der Waals surface area contributed by atoms with Crippen molar-refractivity contribution < 1.29 is 14.3 Å². The predicted octanol–water partition coefficient (Wildman–Crippen LogP) is 4.86. The molecule has 2 N–H and O–H groups in total. The number of aromatic nitrogens is 4. The lowest BCUT2D eigenvalue weighted by molar-refractivity contribution is 0.102. The summed E-state index contributed by atoms with van der Waals surface area (Å²) in [4.78, 5) is 17.2. The van der Waals surface area contributed by atoms with Crippen molar-refractivity contribution in [1.29, 1.82) is 0 Å². The summed E-state index contributed by atoms with van der Waals surface area (Å²) in [5.74, 6) is 1.77. The SMILES string of the molecule is COc1cc(C(=O)Nc2nc(Cc3n[nH]c(=S)n3C)cs2)cc(Cl)c1OCCC(C)C. The van der Waals surface area contributed by atoms with Crippen LogP contribution in [0.4, 0.5) is 5.13 Å². The molecular formula is C20H24ClN5O3S2. The molecule has 0 atom stereocenters. The number of carbonyl (C=O) groups excluding carboxylic acids is 1. The van der Waals surface area contributed by atoms with Gasteiger partial charge in [-0.05, 0) is 36.7 Å². The molecule has 0 bridgehead atoms. The molecule has 1 aromatic carbocycles. The van der Waals surface area contributed by atoms with Crippen molar-refractivity contribution in [2.75, 3.05) is 19.0 Å². The summed E-state index contributed by atoms with van der Waals surface area (Å²) in [5, 5.41) is 12.4. The molecule has 0 spiro atoms. The van der Waals surface area contributed by atoms with E-state index in [9.17, 15) is 4.79 Å². The second-order valence-electron chi connectivity index (χ2n) is 7.30. The van der Waals surface area contributed by atoms with Crippen LogP contribution in [0.1, 0.15) is 42.1 Å². The van der Waals surface area contributed by atoms with E-state index >= 15 is 0 Å². The zero-order valence-corrected chi connectivity index (χ0v) is 20.1. The van der Waals surface area contributed by atoms with Crippen molar-refractivity contribution in [2.24, 2.45) is 13.0 Å². The van der Waals surface area contributed by atoms with Crippen LogP contribution in [-0.4, -0.2) is 39.4 Å². The summed E-state index contributed by atoms with van der Waals surface area (Å²) in [6.45, 7) is 4.75. The number of hydrogen-bond donors (Lipinski definition) is 2. The van der Waals surface area contributed by atoms with E-state index in [1.807, 2.05) is 12.4 Å². The van der Waals surface area contributed by atoms with Gasteiger partial charge in [-0.1, -0.05) is 25.4 Å². The Morgan fingerprint density at radius 1 is 1.42 bits per heavy atom. The van der Waals surface area contributed by atoms with Crippen LogP contribution in [0.5, 0.6) is 11.5 Å². The highest BCUT2D eigenvalue weighted by molar-refractivity contribution is 7.71. The number of aromatic amines is 1. The van der Waals surface area contributed by atoms with Gasteiger partial charge in [0.25, 0.3) is 5.91 Å². The Balaban J connectivity index is 1.70. The number of carbonyl (C=O) groups is 1. The Morgan fingerprint density at radius 3 is 2.84 bits per heavy atom. The standard InChI is InChI=1S/C20H24ClN5O3S2/c1-11(2)5-6-29-17-14(21)7-12(8-15(17)28-4)18(27)23-19-22-13(10-31-19)9-16-24-25-20(30)26(16)3/h7-8,10-11H,5-6,9H2,1-4H3,(H,25,30)(H,22,23,27). The Kier molecular flexibility index (Phi) is 7.69. The van der Waals surface area contributed by atoms with Crippen molar-refractivity contribution in [3.63, 3.8) is 0 Å². The van der Waals surface area contributed by atoms with E-state index in [2.05, 4.69) is 34.3 Å². The summed E-state index contributed by atoms with van der Waals surface area (Å²) >= 11 is 12.8. The first-order valence-electron chi connectivity index (χ1n) is 9.64. The van der Waals surface area contributed by atoms with Gasteiger partial charge in [0.15, 0.2) is 21.4 Å². The minimum absolute atomic E-state index is 0.318. The van der Waals surface area contributed by atoms with Crippen LogP contribution in [0.3, 0.4) is 0 Å². The molecule has 0 aliphatic carbocycles. The molecule has 3 rings (SSSR count). The molecular weight excluding hydrogens is 458 g/mol. The van der Waals surface area contributed by atoms with E-state index in [-0.39, 0.29) is 5.91 Å². The third kappa shape index (κ3) is 5.84. The van der Waals surface area contributed by atoms with Crippen molar-refractivity contribution in [1.82, 2.24) is 19.7 Å². The van der Waals surface area contributed by atoms with Crippen molar-refractivity contribution in [2.45, 2.75) is 26.7 Å². The van der Waals surface area contributed by atoms with Crippen LogP contribution in [0.15, 0.2) is 17.5 Å². The number of methoxy groups -OCH3 is 1. The van der Waals surface area contributed by atoms with Crippen LogP contribution in [0.2, 0.25) is 5.02 Å². The maximum absolute atomic E-state index is 12.7. The Bertz CT molecular complexity index is 1120. The second-order valence-corrected chi connectivity index (χ2v) is 8.95. The molecule has 0 saturated heterocycles. The number of nitrogens with one attached hydrogen (secondary N) is 2. The minimum Gasteiger partial charge on any atom is -0.493 e. The van der Waals surface area contributed by atoms with E-state index in [1.54, 1.807) is 16.7 Å².